The van der Waals surface area contributed by atoms with Gasteiger partial charge in [0.1, 0.15) is 5.69 Å². The molecular weight excluding hydrogens is 516 g/mol. The summed E-state index contributed by atoms with van der Waals surface area (Å²) in [7, 11) is 0. The average Bonchev–Trinajstić information content (AvgIpc) is 2.84. The second-order valence-electron chi connectivity index (χ2n) is 7.95. The number of halogens is 1. The van der Waals surface area contributed by atoms with Crippen molar-refractivity contribution < 1.29 is 55.9 Å². The van der Waals surface area contributed by atoms with E-state index in [0.29, 0.717) is 0 Å². The van der Waals surface area contributed by atoms with E-state index in [-0.39, 0.29) is 21.7 Å². The third kappa shape index (κ3) is 5.63. The van der Waals surface area contributed by atoms with Crippen molar-refractivity contribution in [3.8, 4) is 34.1 Å². The van der Waals surface area contributed by atoms with Crippen molar-refractivity contribution in [2.75, 3.05) is 11.9 Å². The molecule has 3 aromatic rings. The Morgan fingerprint density at radius 1 is 0.865 bits per heavy atom. The molecule has 0 fully saturated rings. The van der Waals surface area contributed by atoms with Crippen LogP contribution < -0.4 is 10.6 Å². The van der Waals surface area contributed by atoms with Gasteiger partial charge in [-0.15, -0.1) is 0 Å². The fraction of sp³-hybridized carbons (Fsp3) is 0.174. The highest BCUT2D eigenvalue weighted by molar-refractivity contribution is 6.30. The van der Waals surface area contributed by atoms with E-state index in [2.05, 4.69) is 0 Å². The number of carbonyl (C=O) groups is 1. The van der Waals surface area contributed by atoms with Gasteiger partial charge < -0.3 is 56.4 Å². The van der Waals surface area contributed by atoms with E-state index in [9.17, 15) is 55.9 Å². The summed E-state index contributed by atoms with van der Waals surface area (Å²) in [6.07, 6.45) is -1.40. The highest BCUT2D eigenvalue weighted by atomic mass is 35.5. The highest BCUT2D eigenvalue weighted by Gasteiger charge is 2.49. The molecule has 0 saturated heterocycles. The largest absolute Gasteiger partial charge is 0.505 e. The number of anilines is 1. The monoisotopic (exact) mass is 538 g/mol. The van der Waals surface area contributed by atoms with E-state index in [1.54, 1.807) is 5.32 Å². The highest BCUT2D eigenvalue weighted by Crippen LogP contribution is 2.54. The van der Waals surface area contributed by atoms with Gasteiger partial charge in [0.05, 0.1) is 17.2 Å². The molecule has 13 nitrogen and oxygen atoms in total. The summed E-state index contributed by atoms with van der Waals surface area (Å²) in [4.78, 5) is 11.3. The number of carboxylic acid groups (broad SMARTS) is 1. The van der Waals surface area contributed by atoms with Crippen LogP contribution in [0.4, 0.5) is 5.69 Å². The summed E-state index contributed by atoms with van der Waals surface area (Å²) in [6.45, 7) is -0.663. The van der Waals surface area contributed by atoms with Gasteiger partial charge in [0.25, 0.3) is 0 Å². The second-order valence-corrected chi connectivity index (χ2v) is 8.39. The first kappa shape index (κ1) is 27.8. The van der Waals surface area contributed by atoms with Crippen molar-refractivity contribution >= 4 is 23.3 Å². The Bertz CT molecular complexity index is 1330. The third-order valence-electron chi connectivity index (χ3n) is 5.35. The molecule has 0 saturated carbocycles. The zero-order chi connectivity index (χ0) is 27.7. The number of nitrogens with one attached hydrogen (secondary N) is 2. The molecule has 0 aliphatic rings. The predicted molar refractivity (Wildman–Crippen MR) is 128 cm³/mol. The van der Waals surface area contributed by atoms with Crippen LogP contribution in [0.2, 0.25) is 5.02 Å². The first-order valence-electron chi connectivity index (χ1n) is 10.4. The smallest absolute Gasteiger partial charge is 0.335 e. The van der Waals surface area contributed by atoms with Gasteiger partial charge in [-0.3, -0.25) is 5.32 Å². The van der Waals surface area contributed by atoms with Crippen LogP contribution in [0.15, 0.2) is 48.5 Å². The van der Waals surface area contributed by atoms with E-state index in [4.69, 9.17) is 11.6 Å². The van der Waals surface area contributed by atoms with Crippen molar-refractivity contribution in [1.29, 1.82) is 0 Å². The van der Waals surface area contributed by atoms with Gasteiger partial charge in [0, 0.05) is 11.6 Å². The molecule has 3 aromatic carbocycles. The van der Waals surface area contributed by atoms with Gasteiger partial charge in [-0.1, -0.05) is 35.9 Å². The molecule has 0 amide bonds. The number of aliphatic hydroxyl groups excluding tert-OH is 1. The first-order valence-corrected chi connectivity index (χ1v) is 10.7. The van der Waals surface area contributed by atoms with Gasteiger partial charge in [-0.2, -0.15) is 0 Å². The first-order chi connectivity index (χ1) is 17.2. The molecule has 37 heavy (non-hydrogen) atoms. The van der Waals surface area contributed by atoms with Crippen LogP contribution in [0.25, 0.3) is 11.1 Å². The molecule has 0 aliphatic heterocycles. The van der Waals surface area contributed by atoms with Crippen molar-refractivity contribution in [3.63, 3.8) is 0 Å². The lowest BCUT2D eigenvalue weighted by Crippen LogP contribution is -2.67. The number of hydrogen-bond acceptors (Lipinski definition) is 12. The van der Waals surface area contributed by atoms with Crippen LogP contribution in [-0.2, 0) is 0 Å². The Morgan fingerprint density at radius 3 is 2.14 bits per heavy atom. The van der Waals surface area contributed by atoms with Crippen LogP contribution in [0.1, 0.15) is 22.0 Å². The summed E-state index contributed by atoms with van der Waals surface area (Å²) in [6, 6.07) is 10.6. The van der Waals surface area contributed by atoms with Crippen molar-refractivity contribution in [1.82, 2.24) is 5.32 Å². The van der Waals surface area contributed by atoms with Crippen LogP contribution in [0.5, 0.6) is 23.0 Å². The summed E-state index contributed by atoms with van der Waals surface area (Å²) in [5.41, 5.74) is -1.92. The lowest BCUT2D eigenvalue weighted by atomic mass is 9.99. The van der Waals surface area contributed by atoms with Crippen LogP contribution in [-0.4, -0.2) is 75.4 Å². The molecule has 0 bridgehead atoms. The Balaban J connectivity index is 1.94. The molecule has 1 unspecified atom stereocenters. The number of aliphatic hydroxyl groups is 5. The van der Waals surface area contributed by atoms with E-state index in [1.165, 1.54) is 42.5 Å². The lowest BCUT2D eigenvalue weighted by molar-refractivity contribution is -0.357. The lowest BCUT2D eigenvalue weighted by Gasteiger charge is -2.37. The Hall–Kier alpha value is -3.82. The standard InChI is InChI=1S/C23H23ClN2O11/c24-13-6-2-3-10(8-13)14(27)9-25-22(34,35)23(36,37)26-16-17(28)15(18(29)20(31)19(16)30)11-4-1-5-12(7-11)21(32)33/h1-8,14,25-31,34-37H,9H2,(H,32,33). The molecular formula is C23H23ClN2O11. The van der Waals surface area contributed by atoms with E-state index in [0.717, 1.165) is 6.07 Å². The maximum Gasteiger partial charge on any atom is 0.335 e. The van der Waals surface area contributed by atoms with E-state index >= 15 is 0 Å². The molecule has 0 aromatic heterocycles. The van der Waals surface area contributed by atoms with Gasteiger partial charge >= 0.3 is 17.8 Å². The summed E-state index contributed by atoms with van der Waals surface area (Å²) in [5, 5.41) is 106. The second kappa shape index (κ2) is 10.3. The van der Waals surface area contributed by atoms with Gasteiger partial charge in [0.15, 0.2) is 17.2 Å². The van der Waals surface area contributed by atoms with Crippen molar-refractivity contribution in [2.45, 2.75) is 17.9 Å². The topological polar surface area (TPSA) is 243 Å². The number of rotatable bonds is 9. The van der Waals surface area contributed by atoms with Crippen LogP contribution in [0, 0.1) is 0 Å². The maximum absolute atomic E-state index is 11.3. The summed E-state index contributed by atoms with van der Waals surface area (Å²) >= 11 is 5.84. The molecule has 1 atom stereocenters. The molecule has 14 heteroatoms. The normalized spacial score (nSPS) is 12.8. The molecule has 12 N–H and O–H groups in total. The minimum atomic E-state index is -3.82. The Kier molecular flexibility index (Phi) is 7.71. The van der Waals surface area contributed by atoms with E-state index < -0.39 is 64.7 Å². The maximum atomic E-state index is 11.3. The van der Waals surface area contributed by atoms with Crippen molar-refractivity contribution in [2.24, 2.45) is 0 Å². The number of hydrogen-bond donors (Lipinski definition) is 12. The molecule has 0 heterocycles. The number of phenolic OH excluding ortho intramolecular Hbond substituents is 4. The van der Waals surface area contributed by atoms with Gasteiger partial charge in [0.2, 0.25) is 5.75 Å². The summed E-state index contributed by atoms with van der Waals surface area (Å²) < 4.78 is 0. The van der Waals surface area contributed by atoms with Crippen LogP contribution >= 0.6 is 11.6 Å². The zero-order valence-electron chi connectivity index (χ0n) is 18.7. The summed E-state index contributed by atoms with van der Waals surface area (Å²) in [5.74, 6) is -13.7. The zero-order valence-corrected chi connectivity index (χ0v) is 19.4. The molecule has 0 aliphatic carbocycles. The fourth-order valence-corrected chi connectivity index (χ4v) is 3.55. The molecule has 0 spiro atoms. The molecule has 0 radical (unpaired) electrons. The number of carboxylic acids is 1. The minimum absolute atomic E-state index is 0.170. The number of aromatic carboxylic acids is 1. The number of benzene rings is 3. The van der Waals surface area contributed by atoms with Gasteiger partial charge in [-0.25, -0.2) is 4.79 Å². The van der Waals surface area contributed by atoms with Gasteiger partial charge in [-0.05, 0) is 35.4 Å². The molecule has 3 rings (SSSR count). The fourth-order valence-electron chi connectivity index (χ4n) is 3.35. The van der Waals surface area contributed by atoms with Crippen LogP contribution in [0.3, 0.4) is 0 Å². The van der Waals surface area contributed by atoms with Crippen molar-refractivity contribution in [3.05, 3.63) is 64.7 Å². The molecule has 198 valence electrons. The quantitative estimate of drug-likeness (QED) is 0.101. The minimum Gasteiger partial charge on any atom is -0.505 e. The Morgan fingerprint density at radius 2 is 1.51 bits per heavy atom. The average molecular weight is 539 g/mol. The third-order valence-corrected chi connectivity index (χ3v) is 5.59. The SMILES string of the molecule is O=C(O)c1cccc(-c2c(O)c(O)c(O)c(NC(O)(O)C(O)(O)NCC(O)c3cccc(Cl)c3)c2O)c1. The van der Waals surface area contributed by atoms with E-state index in [1.807, 2.05) is 5.32 Å². The number of aromatic hydroxyl groups is 4. The predicted octanol–water partition coefficient (Wildman–Crippen LogP) is 0.539. The Labute approximate surface area is 213 Å². The number of phenols is 4.